The first-order valence-corrected chi connectivity index (χ1v) is 5.53. The summed E-state index contributed by atoms with van der Waals surface area (Å²) in [4.78, 5) is 0. The number of benzene rings is 1. The van der Waals surface area contributed by atoms with Gasteiger partial charge >= 0.3 is 6.18 Å². The van der Waals surface area contributed by atoms with Crippen molar-refractivity contribution in [2.45, 2.75) is 6.18 Å². The summed E-state index contributed by atoms with van der Waals surface area (Å²) in [6.45, 7) is 0. The molecule has 0 saturated heterocycles. The maximum atomic E-state index is 12.6. The van der Waals surface area contributed by atoms with E-state index in [-0.39, 0.29) is 5.88 Å². The Bertz CT molecular complexity index is 761. The van der Waals surface area contributed by atoms with Crippen LogP contribution in [0, 0.1) is 0 Å². The average Bonchev–Trinajstić information content (AvgIpc) is 2.94. The Morgan fingerprint density at radius 1 is 1.15 bits per heavy atom. The predicted molar refractivity (Wildman–Crippen MR) is 62.2 cm³/mol. The lowest BCUT2D eigenvalue weighted by Crippen LogP contribution is -2.11. The zero-order valence-electron chi connectivity index (χ0n) is 10.1. The standard InChI is InChI=1S/C11H8F3N5O/c1-19-9(11(12,13)14)5-10(17-19)20-6-2-3-7-8(4-6)16-18-15-7/h2-5H,1H3,(H,15,16,18). The molecule has 0 aliphatic rings. The number of ether oxygens (including phenoxy) is 1. The highest BCUT2D eigenvalue weighted by Crippen LogP contribution is 2.32. The van der Waals surface area contributed by atoms with Crippen molar-refractivity contribution >= 4 is 11.0 Å². The molecule has 6 nitrogen and oxygen atoms in total. The SMILES string of the molecule is Cn1nc(Oc2ccc3n[nH]nc3c2)cc1C(F)(F)F. The second-order valence-corrected chi connectivity index (χ2v) is 4.07. The lowest BCUT2D eigenvalue weighted by molar-refractivity contribution is -0.143. The number of aryl methyl sites for hydroxylation is 1. The Morgan fingerprint density at radius 3 is 2.60 bits per heavy atom. The average molecular weight is 283 g/mol. The van der Waals surface area contributed by atoms with Gasteiger partial charge in [-0.15, -0.1) is 5.10 Å². The first kappa shape index (κ1) is 12.5. The molecule has 0 aliphatic heterocycles. The highest BCUT2D eigenvalue weighted by molar-refractivity contribution is 5.75. The molecular formula is C11H8F3N5O. The summed E-state index contributed by atoms with van der Waals surface area (Å²) < 4.78 is 43.9. The highest BCUT2D eigenvalue weighted by Gasteiger charge is 2.35. The van der Waals surface area contributed by atoms with Gasteiger partial charge in [0.2, 0.25) is 5.88 Å². The maximum absolute atomic E-state index is 12.6. The van der Waals surface area contributed by atoms with Crippen LogP contribution in [0.1, 0.15) is 5.69 Å². The van der Waals surface area contributed by atoms with E-state index in [0.29, 0.717) is 16.8 Å². The third-order valence-electron chi connectivity index (χ3n) is 2.66. The number of aromatic amines is 1. The van der Waals surface area contributed by atoms with Crippen molar-refractivity contribution in [3.05, 3.63) is 30.0 Å². The number of aromatic nitrogens is 5. The van der Waals surface area contributed by atoms with E-state index in [0.717, 1.165) is 10.7 Å². The first-order valence-electron chi connectivity index (χ1n) is 5.53. The van der Waals surface area contributed by atoms with Gasteiger partial charge in [0.25, 0.3) is 0 Å². The molecule has 0 fully saturated rings. The number of fused-ring (bicyclic) bond motifs is 1. The van der Waals surface area contributed by atoms with Gasteiger partial charge in [0.1, 0.15) is 22.5 Å². The quantitative estimate of drug-likeness (QED) is 0.784. The Labute approximate surface area is 110 Å². The van der Waals surface area contributed by atoms with Crippen molar-refractivity contribution in [2.24, 2.45) is 7.05 Å². The van der Waals surface area contributed by atoms with Gasteiger partial charge in [-0.05, 0) is 12.1 Å². The molecule has 0 unspecified atom stereocenters. The van der Waals surface area contributed by atoms with Crippen LogP contribution in [0.25, 0.3) is 11.0 Å². The van der Waals surface area contributed by atoms with Crippen LogP contribution in [0.4, 0.5) is 13.2 Å². The van der Waals surface area contributed by atoms with Crippen LogP contribution in [0.5, 0.6) is 11.6 Å². The molecule has 1 aromatic carbocycles. The molecule has 20 heavy (non-hydrogen) atoms. The van der Waals surface area contributed by atoms with Crippen LogP contribution in [0.15, 0.2) is 24.3 Å². The smallest absolute Gasteiger partial charge is 0.433 e. The van der Waals surface area contributed by atoms with E-state index in [1.165, 1.54) is 7.05 Å². The van der Waals surface area contributed by atoms with Gasteiger partial charge in [-0.25, -0.2) is 0 Å². The molecule has 9 heteroatoms. The van der Waals surface area contributed by atoms with Gasteiger partial charge in [0.05, 0.1) is 0 Å². The molecule has 2 aromatic heterocycles. The van der Waals surface area contributed by atoms with Crippen LogP contribution in [-0.4, -0.2) is 25.2 Å². The number of alkyl halides is 3. The van der Waals surface area contributed by atoms with Crippen molar-refractivity contribution in [3.63, 3.8) is 0 Å². The van der Waals surface area contributed by atoms with Gasteiger partial charge < -0.3 is 4.74 Å². The van der Waals surface area contributed by atoms with Crippen molar-refractivity contribution in [1.82, 2.24) is 25.2 Å². The van der Waals surface area contributed by atoms with Crippen molar-refractivity contribution in [1.29, 1.82) is 0 Å². The summed E-state index contributed by atoms with van der Waals surface area (Å²) in [6.07, 6.45) is -4.47. The molecule has 0 spiro atoms. The number of rotatable bonds is 2. The molecular weight excluding hydrogens is 275 g/mol. The van der Waals surface area contributed by atoms with E-state index in [1.54, 1.807) is 18.2 Å². The third kappa shape index (κ3) is 2.17. The van der Waals surface area contributed by atoms with Crippen LogP contribution >= 0.6 is 0 Å². The van der Waals surface area contributed by atoms with E-state index in [9.17, 15) is 13.2 Å². The molecule has 0 amide bonds. The third-order valence-corrected chi connectivity index (χ3v) is 2.66. The molecule has 2 heterocycles. The van der Waals surface area contributed by atoms with Crippen LogP contribution < -0.4 is 4.74 Å². The van der Waals surface area contributed by atoms with E-state index < -0.39 is 11.9 Å². The molecule has 3 aromatic rings. The van der Waals surface area contributed by atoms with E-state index in [2.05, 4.69) is 20.5 Å². The van der Waals surface area contributed by atoms with Crippen LogP contribution in [0.3, 0.4) is 0 Å². The monoisotopic (exact) mass is 283 g/mol. The second kappa shape index (κ2) is 4.22. The van der Waals surface area contributed by atoms with Crippen LogP contribution in [0.2, 0.25) is 0 Å². The molecule has 0 radical (unpaired) electrons. The molecule has 0 aliphatic carbocycles. The minimum absolute atomic E-state index is 0.136. The normalized spacial score (nSPS) is 12.0. The fourth-order valence-corrected chi connectivity index (χ4v) is 1.76. The van der Waals surface area contributed by atoms with E-state index >= 15 is 0 Å². The Hall–Kier alpha value is -2.58. The molecule has 1 N–H and O–H groups in total. The summed E-state index contributed by atoms with van der Waals surface area (Å²) in [5, 5.41) is 13.8. The van der Waals surface area contributed by atoms with Gasteiger partial charge in [-0.1, -0.05) is 0 Å². The molecule has 0 bridgehead atoms. The van der Waals surface area contributed by atoms with Crippen molar-refractivity contribution in [2.75, 3.05) is 0 Å². The topological polar surface area (TPSA) is 68.6 Å². The maximum Gasteiger partial charge on any atom is 0.433 e. The fraction of sp³-hybridized carbons (Fsp3) is 0.182. The lowest BCUT2D eigenvalue weighted by Gasteiger charge is -2.04. The van der Waals surface area contributed by atoms with Gasteiger partial charge in [0, 0.05) is 19.2 Å². The fourth-order valence-electron chi connectivity index (χ4n) is 1.76. The summed E-state index contributed by atoms with van der Waals surface area (Å²) in [5.41, 5.74) is 0.304. The van der Waals surface area contributed by atoms with Gasteiger partial charge in [-0.3, -0.25) is 4.68 Å². The number of H-pyrrole nitrogens is 1. The van der Waals surface area contributed by atoms with Gasteiger partial charge in [0.15, 0.2) is 0 Å². The van der Waals surface area contributed by atoms with Crippen molar-refractivity contribution in [3.8, 4) is 11.6 Å². The number of nitrogens with one attached hydrogen (secondary N) is 1. The zero-order chi connectivity index (χ0) is 14.3. The number of nitrogens with zero attached hydrogens (tertiary/aromatic N) is 4. The predicted octanol–water partition coefficient (Wildman–Crippen LogP) is 2.50. The molecule has 104 valence electrons. The minimum Gasteiger partial charge on any atom is -0.437 e. The molecule has 0 atom stereocenters. The van der Waals surface area contributed by atoms with Gasteiger partial charge in [-0.2, -0.15) is 28.6 Å². The summed E-state index contributed by atoms with van der Waals surface area (Å²) in [7, 11) is 1.20. The summed E-state index contributed by atoms with van der Waals surface area (Å²) in [6, 6.07) is 5.61. The second-order valence-electron chi connectivity index (χ2n) is 4.07. The number of hydrogen-bond donors (Lipinski definition) is 1. The molecule has 0 saturated carbocycles. The summed E-state index contributed by atoms with van der Waals surface area (Å²) in [5.74, 6) is 0.195. The van der Waals surface area contributed by atoms with Crippen LogP contribution in [-0.2, 0) is 13.2 Å². The van der Waals surface area contributed by atoms with E-state index in [4.69, 9.17) is 4.74 Å². The molecule has 3 rings (SSSR count). The van der Waals surface area contributed by atoms with Crippen molar-refractivity contribution < 1.29 is 17.9 Å². The largest absolute Gasteiger partial charge is 0.437 e. The number of halogens is 3. The highest BCUT2D eigenvalue weighted by atomic mass is 19.4. The minimum atomic E-state index is -4.47. The Morgan fingerprint density at radius 2 is 1.90 bits per heavy atom. The zero-order valence-corrected chi connectivity index (χ0v) is 10.1. The number of hydrogen-bond acceptors (Lipinski definition) is 4. The Kier molecular flexibility index (Phi) is 2.63. The lowest BCUT2D eigenvalue weighted by atomic mass is 10.3. The Balaban J connectivity index is 1.91. The summed E-state index contributed by atoms with van der Waals surface area (Å²) >= 11 is 0. The first-order chi connectivity index (χ1) is 9.43. The van der Waals surface area contributed by atoms with E-state index in [1.807, 2.05) is 0 Å².